The minimum atomic E-state index is -1.82. The Morgan fingerprint density at radius 3 is 1.88 bits per heavy atom. The number of hydrogen-bond acceptors (Lipinski definition) is 4. The van der Waals surface area contributed by atoms with Gasteiger partial charge in [0.25, 0.3) is 0 Å². The molecular weight excluding hydrogens is 185 g/mol. The van der Waals surface area contributed by atoms with Crippen molar-refractivity contribution in [3.63, 3.8) is 0 Å². The molecule has 0 aromatic carbocycles. The summed E-state index contributed by atoms with van der Waals surface area (Å²) in [7, 11) is 0.970. The van der Waals surface area contributed by atoms with Crippen molar-refractivity contribution in [2.45, 2.75) is 0 Å². The van der Waals surface area contributed by atoms with E-state index in [9.17, 15) is 14.7 Å². The minimum Gasteiger partial charge on any atom is -0.539 e. The summed E-state index contributed by atoms with van der Waals surface area (Å²) in [5, 5.41) is 9.34. The zero-order valence-electron chi connectivity index (χ0n) is 4.63. The van der Waals surface area contributed by atoms with Crippen LogP contribution in [0.4, 0.5) is 0 Å². The molecule has 0 saturated carbocycles. The Morgan fingerprint density at radius 1 is 1.50 bits per heavy atom. The van der Waals surface area contributed by atoms with Crippen molar-refractivity contribution in [3.05, 3.63) is 0 Å². The van der Waals surface area contributed by atoms with Crippen LogP contribution in [0.1, 0.15) is 0 Å². The van der Waals surface area contributed by atoms with Crippen molar-refractivity contribution >= 4 is 11.9 Å². The maximum absolute atomic E-state index is 9.63. The number of carboxylic acid groups (broad SMARTS) is 1. The van der Waals surface area contributed by atoms with Crippen LogP contribution in [0.2, 0.25) is 0 Å². The third-order valence-corrected chi connectivity index (χ3v) is 0.352. The fourth-order valence-electron chi connectivity index (χ4n) is 0.0833. The van der Waals surface area contributed by atoms with Crippen molar-refractivity contribution in [1.29, 1.82) is 0 Å². The first-order valence-corrected chi connectivity index (χ1v) is 1.47. The molecule has 0 atom stereocenters. The first kappa shape index (κ1) is 11.5. The summed E-state index contributed by atoms with van der Waals surface area (Å²) in [4.78, 5) is 19.0. The Balaban J connectivity index is 0. The second kappa shape index (κ2) is 5.87. The van der Waals surface area contributed by atoms with Gasteiger partial charge < -0.3 is 14.6 Å². The third-order valence-electron chi connectivity index (χ3n) is 0.352. The fourth-order valence-corrected chi connectivity index (χ4v) is 0.0833. The molecule has 0 aliphatic rings. The molecule has 0 saturated heterocycles. The Bertz CT molecular complexity index is 99.5. The summed E-state index contributed by atoms with van der Waals surface area (Å²) in [6.07, 6.45) is 0. The predicted molar refractivity (Wildman–Crippen MR) is 17.0 cm³/mol. The van der Waals surface area contributed by atoms with Crippen LogP contribution in [-0.4, -0.2) is 19.0 Å². The molecule has 0 heterocycles. The molecule has 4 nitrogen and oxygen atoms in total. The number of esters is 1. The molecule has 0 aliphatic heterocycles. The molecule has 0 unspecified atom stereocenters. The molecule has 0 bridgehead atoms. The molecule has 0 aliphatic carbocycles. The van der Waals surface area contributed by atoms with E-state index >= 15 is 0 Å². The Labute approximate surface area is 95.0 Å². The number of rotatable bonds is 0. The van der Waals surface area contributed by atoms with Gasteiger partial charge in [-0.3, -0.25) is 0 Å². The van der Waals surface area contributed by atoms with Gasteiger partial charge in [0.1, 0.15) is 0 Å². The average Bonchev–Trinajstić information content (AvgIpc) is 1.65. The van der Waals surface area contributed by atoms with Crippen molar-refractivity contribution in [3.8, 4) is 0 Å². The number of carboxylic acids is 1. The van der Waals surface area contributed by atoms with Gasteiger partial charge in [0.15, 0.2) is 5.97 Å². The molecule has 0 rings (SSSR count). The van der Waals surface area contributed by atoms with E-state index in [1.807, 2.05) is 0 Å². The molecule has 8 heavy (non-hydrogen) atoms. The maximum Gasteiger partial charge on any atom is 1.00 e. The molecule has 0 radical (unpaired) electrons. The van der Waals surface area contributed by atoms with Gasteiger partial charge in [0.2, 0.25) is 0 Å². The number of carbonyl (C=O) groups excluding carboxylic acids is 2. The molecule has 0 spiro atoms. The van der Waals surface area contributed by atoms with Crippen molar-refractivity contribution < 1.29 is 77.6 Å². The van der Waals surface area contributed by atoms with Crippen molar-refractivity contribution in [2.75, 3.05) is 7.11 Å². The zero-order valence-corrected chi connectivity index (χ0v) is 9.55. The third kappa shape index (κ3) is 4.89. The second-order valence-corrected chi connectivity index (χ2v) is 0.779. The smallest absolute Gasteiger partial charge is 0.539 e. The van der Waals surface area contributed by atoms with E-state index in [1.165, 1.54) is 0 Å². The van der Waals surface area contributed by atoms with Crippen LogP contribution in [0.15, 0.2) is 0 Å². The van der Waals surface area contributed by atoms with Gasteiger partial charge in [-0.2, -0.15) is 0 Å². The van der Waals surface area contributed by atoms with Gasteiger partial charge in [0, 0.05) is 0 Å². The van der Waals surface area contributed by atoms with Gasteiger partial charge >= 0.3 is 64.2 Å². The van der Waals surface area contributed by atoms with Gasteiger partial charge in [-0.25, -0.2) is 4.79 Å². The summed E-state index contributed by atoms with van der Waals surface area (Å²) < 4.78 is 3.71. The number of aliphatic carboxylic acids is 1. The largest absolute Gasteiger partial charge is 1.00 e. The van der Waals surface area contributed by atoms with E-state index in [0.717, 1.165) is 7.11 Å². The standard InChI is InChI=1S/C3H4O4.Rb/c1-7-3(6)2(4)5;/h1H3,(H,4,5);/q;+1/p-1. The SMILES string of the molecule is COC(=O)C(=O)[O-].[Rb+]. The van der Waals surface area contributed by atoms with Crippen LogP contribution in [0.5, 0.6) is 0 Å². The summed E-state index contributed by atoms with van der Waals surface area (Å²) in [5.74, 6) is -3.16. The van der Waals surface area contributed by atoms with E-state index in [-0.39, 0.29) is 58.2 Å². The number of hydrogen-bond donors (Lipinski definition) is 0. The van der Waals surface area contributed by atoms with Gasteiger partial charge in [-0.15, -0.1) is 0 Å². The monoisotopic (exact) mass is 188 g/mol. The summed E-state index contributed by atoms with van der Waals surface area (Å²) in [5.41, 5.74) is 0. The predicted octanol–water partition coefficient (Wildman–Crippen LogP) is -5.09. The zero-order chi connectivity index (χ0) is 5.86. The van der Waals surface area contributed by atoms with E-state index in [0.29, 0.717) is 0 Å². The van der Waals surface area contributed by atoms with Gasteiger partial charge in [-0.05, 0) is 0 Å². The Hall–Kier alpha value is 0.745. The van der Waals surface area contributed by atoms with Crippen LogP contribution >= 0.6 is 0 Å². The molecule has 5 heteroatoms. The number of carbonyl (C=O) groups is 2. The van der Waals surface area contributed by atoms with E-state index in [4.69, 9.17) is 0 Å². The van der Waals surface area contributed by atoms with Gasteiger partial charge in [0.05, 0.1) is 7.11 Å². The normalized spacial score (nSPS) is 6.62. The average molecular weight is 189 g/mol. The number of methoxy groups -OCH3 is 1. The molecule has 0 amide bonds. The van der Waals surface area contributed by atoms with Crippen LogP contribution in [0.25, 0.3) is 0 Å². The topological polar surface area (TPSA) is 66.4 Å². The molecule has 0 fully saturated rings. The molecule has 0 N–H and O–H groups in total. The maximum atomic E-state index is 9.63. The van der Waals surface area contributed by atoms with E-state index in [2.05, 4.69) is 4.74 Å². The van der Waals surface area contributed by atoms with E-state index in [1.54, 1.807) is 0 Å². The summed E-state index contributed by atoms with van der Waals surface area (Å²) in [6, 6.07) is 0. The van der Waals surface area contributed by atoms with Crippen LogP contribution in [0.3, 0.4) is 0 Å². The van der Waals surface area contributed by atoms with Crippen LogP contribution in [-0.2, 0) is 14.3 Å². The quantitative estimate of drug-likeness (QED) is 0.282. The summed E-state index contributed by atoms with van der Waals surface area (Å²) in [6.45, 7) is 0. The Morgan fingerprint density at radius 2 is 1.88 bits per heavy atom. The van der Waals surface area contributed by atoms with Crippen LogP contribution < -0.4 is 63.3 Å². The fraction of sp³-hybridized carbons (Fsp3) is 0.333. The van der Waals surface area contributed by atoms with Crippen molar-refractivity contribution in [1.82, 2.24) is 0 Å². The van der Waals surface area contributed by atoms with Crippen molar-refractivity contribution in [2.24, 2.45) is 0 Å². The molecule has 0 aromatic rings. The molecular formula is C3H3O4Rb. The first-order valence-electron chi connectivity index (χ1n) is 1.47. The second-order valence-electron chi connectivity index (χ2n) is 0.779. The van der Waals surface area contributed by atoms with E-state index < -0.39 is 11.9 Å². The minimum absolute atomic E-state index is 0. The Kier molecular flexibility index (Phi) is 8.47. The summed E-state index contributed by atoms with van der Waals surface area (Å²) >= 11 is 0. The van der Waals surface area contributed by atoms with Gasteiger partial charge in [-0.1, -0.05) is 0 Å². The molecule has 40 valence electrons. The number of ether oxygens (including phenoxy) is 1. The first-order chi connectivity index (χ1) is 3.18. The molecule has 0 aromatic heterocycles. The van der Waals surface area contributed by atoms with Crippen LogP contribution in [0, 0.1) is 0 Å².